The molecule has 1 aliphatic carbocycles. The monoisotopic (exact) mass is 291 g/mol. The van der Waals surface area contributed by atoms with Crippen LogP contribution in [0.3, 0.4) is 0 Å². The minimum atomic E-state index is -0.991. The van der Waals surface area contributed by atoms with Crippen molar-refractivity contribution in [3.8, 4) is 0 Å². The van der Waals surface area contributed by atoms with E-state index in [1.54, 1.807) is 0 Å². The topological polar surface area (TPSA) is 72.9 Å². The van der Waals surface area contributed by atoms with Gasteiger partial charge in [-0.15, -0.1) is 0 Å². The summed E-state index contributed by atoms with van der Waals surface area (Å²) in [6.45, 7) is 1.74. The number of benzene rings is 1. The van der Waals surface area contributed by atoms with Crippen molar-refractivity contribution in [2.75, 3.05) is 30.9 Å². The highest BCUT2D eigenvalue weighted by atomic mass is 16.4. The first-order valence-electron chi connectivity index (χ1n) is 6.96. The van der Waals surface area contributed by atoms with Gasteiger partial charge in [-0.1, -0.05) is 6.07 Å². The first-order valence-corrected chi connectivity index (χ1v) is 6.96. The lowest BCUT2D eigenvalue weighted by molar-refractivity contribution is -0.137. The van der Waals surface area contributed by atoms with Crippen molar-refractivity contribution in [1.82, 2.24) is 4.90 Å². The molecule has 1 aromatic carbocycles. The molecule has 0 aromatic heterocycles. The number of aryl methyl sites for hydroxylation is 1. The predicted molar refractivity (Wildman–Crippen MR) is 81.9 cm³/mol. The number of amides is 2. The molecule has 1 fully saturated rings. The van der Waals surface area contributed by atoms with Gasteiger partial charge >= 0.3 is 12.0 Å². The number of aliphatic carboxylic acids is 1. The van der Waals surface area contributed by atoms with Crippen molar-refractivity contribution in [2.45, 2.75) is 25.8 Å². The molecule has 2 amide bonds. The van der Waals surface area contributed by atoms with Crippen molar-refractivity contribution in [1.29, 1.82) is 0 Å². The van der Waals surface area contributed by atoms with E-state index in [0.29, 0.717) is 5.69 Å². The van der Waals surface area contributed by atoms with Crippen LogP contribution in [-0.4, -0.2) is 48.7 Å². The van der Waals surface area contributed by atoms with Crippen molar-refractivity contribution in [3.63, 3.8) is 0 Å². The Morgan fingerprint density at radius 2 is 2.00 bits per heavy atom. The van der Waals surface area contributed by atoms with Crippen molar-refractivity contribution in [3.05, 3.63) is 23.8 Å². The van der Waals surface area contributed by atoms with Gasteiger partial charge in [0.15, 0.2) is 0 Å². The Morgan fingerprint density at radius 3 is 2.52 bits per heavy atom. The zero-order valence-corrected chi connectivity index (χ0v) is 12.6. The van der Waals surface area contributed by atoms with E-state index in [2.05, 4.69) is 5.32 Å². The highest BCUT2D eigenvalue weighted by Gasteiger charge is 2.33. The summed E-state index contributed by atoms with van der Waals surface area (Å²) in [4.78, 5) is 26.5. The van der Waals surface area contributed by atoms with Gasteiger partial charge in [0, 0.05) is 31.5 Å². The minimum Gasteiger partial charge on any atom is -0.480 e. The van der Waals surface area contributed by atoms with Gasteiger partial charge in [-0.3, -0.25) is 4.79 Å². The van der Waals surface area contributed by atoms with Crippen LogP contribution in [0.2, 0.25) is 0 Å². The average molecular weight is 291 g/mol. The lowest BCUT2D eigenvalue weighted by atomic mass is 10.1. The van der Waals surface area contributed by atoms with Gasteiger partial charge in [0.25, 0.3) is 0 Å². The summed E-state index contributed by atoms with van der Waals surface area (Å²) in [5.74, 6) is -0.991. The van der Waals surface area contributed by atoms with Crippen LogP contribution >= 0.6 is 0 Å². The van der Waals surface area contributed by atoms with Crippen LogP contribution in [0.5, 0.6) is 0 Å². The molecule has 6 nitrogen and oxygen atoms in total. The predicted octanol–water partition coefficient (Wildman–Crippen LogP) is 2.14. The Hall–Kier alpha value is -2.24. The maximum absolute atomic E-state index is 12.2. The Labute approximate surface area is 124 Å². The Morgan fingerprint density at radius 1 is 1.33 bits per heavy atom. The molecule has 0 spiro atoms. The van der Waals surface area contributed by atoms with Crippen LogP contribution in [0.1, 0.15) is 18.4 Å². The van der Waals surface area contributed by atoms with Gasteiger partial charge in [0.2, 0.25) is 0 Å². The summed E-state index contributed by atoms with van der Waals surface area (Å²) in [6, 6.07) is 5.35. The molecule has 1 aliphatic rings. The van der Waals surface area contributed by atoms with Gasteiger partial charge in [0.05, 0.1) is 0 Å². The Kier molecular flexibility index (Phi) is 4.35. The van der Waals surface area contributed by atoms with Gasteiger partial charge in [-0.05, 0) is 37.5 Å². The summed E-state index contributed by atoms with van der Waals surface area (Å²) in [5, 5.41) is 11.7. The van der Waals surface area contributed by atoms with Crippen LogP contribution in [0.15, 0.2) is 18.2 Å². The maximum atomic E-state index is 12.2. The molecule has 0 saturated heterocycles. The number of carbonyl (C=O) groups excluding carboxylic acids is 1. The van der Waals surface area contributed by atoms with E-state index in [1.165, 1.54) is 4.90 Å². The van der Waals surface area contributed by atoms with Crippen LogP contribution in [0.25, 0.3) is 0 Å². The van der Waals surface area contributed by atoms with E-state index in [9.17, 15) is 9.59 Å². The number of anilines is 2. The van der Waals surface area contributed by atoms with E-state index in [4.69, 9.17) is 5.11 Å². The number of carboxylic acids is 1. The Balaban J connectivity index is 2.11. The zero-order valence-electron chi connectivity index (χ0n) is 12.6. The number of rotatable bonds is 5. The van der Waals surface area contributed by atoms with Crippen molar-refractivity contribution >= 4 is 23.4 Å². The van der Waals surface area contributed by atoms with E-state index >= 15 is 0 Å². The number of hydrogen-bond acceptors (Lipinski definition) is 3. The van der Waals surface area contributed by atoms with Crippen molar-refractivity contribution < 1.29 is 14.7 Å². The van der Waals surface area contributed by atoms with Gasteiger partial charge in [-0.25, -0.2) is 4.79 Å². The average Bonchev–Trinajstić information content (AvgIpc) is 3.22. The molecule has 0 bridgehead atoms. The van der Waals surface area contributed by atoms with E-state index in [-0.39, 0.29) is 18.6 Å². The third-order valence-electron chi connectivity index (χ3n) is 3.50. The molecule has 0 radical (unpaired) electrons. The number of hydrogen-bond donors (Lipinski definition) is 2. The van der Waals surface area contributed by atoms with Crippen molar-refractivity contribution in [2.24, 2.45) is 0 Å². The summed E-state index contributed by atoms with van der Waals surface area (Å²) in [5.41, 5.74) is 2.80. The molecular formula is C15H21N3O3. The minimum absolute atomic E-state index is 0.0554. The van der Waals surface area contributed by atoms with Crippen LogP contribution < -0.4 is 10.2 Å². The Bertz CT molecular complexity index is 553. The lowest BCUT2D eigenvalue weighted by Crippen LogP contribution is -2.40. The molecule has 114 valence electrons. The zero-order chi connectivity index (χ0) is 15.6. The van der Waals surface area contributed by atoms with Crippen LogP contribution in [0, 0.1) is 6.92 Å². The first-order chi connectivity index (χ1) is 9.88. The molecule has 0 heterocycles. The van der Waals surface area contributed by atoms with E-state index in [1.807, 2.05) is 44.1 Å². The number of carbonyl (C=O) groups is 2. The molecule has 0 aliphatic heterocycles. The number of urea groups is 1. The summed E-state index contributed by atoms with van der Waals surface area (Å²) in [6.07, 6.45) is 1.75. The second-order valence-electron chi connectivity index (χ2n) is 5.58. The third-order valence-corrected chi connectivity index (χ3v) is 3.50. The van der Waals surface area contributed by atoms with Gasteiger partial charge in [-0.2, -0.15) is 0 Å². The fourth-order valence-electron chi connectivity index (χ4n) is 2.26. The molecule has 1 saturated carbocycles. The largest absolute Gasteiger partial charge is 0.480 e. The number of nitrogens with zero attached hydrogens (tertiary/aromatic N) is 2. The quantitative estimate of drug-likeness (QED) is 0.871. The SMILES string of the molecule is Cc1ccc(NC(=O)N(CC(=O)O)C2CC2)cc1N(C)C. The lowest BCUT2D eigenvalue weighted by Gasteiger charge is -2.22. The maximum Gasteiger partial charge on any atom is 0.323 e. The standard InChI is InChI=1S/C15H21N3O3/c1-10-4-5-11(8-13(10)17(2)3)16-15(21)18(9-14(19)20)12-6-7-12/h4-5,8,12H,6-7,9H2,1-3H3,(H,16,21)(H,19,20). The molecule has 21 heavy (non-hydrogen) atoms. The van der Waals surface area contributed by atoms with E-state index in [0.717, 1.165) is 24.1 Å². The molecule has 0 atom stereocenters. The smallest absolute Gasteiger partial charge is 0.323 e. The van der Waals surface area contributed by atoms with Gasteiger partial charge < -0.3 is 20.2 Å². The molecule has 2 N–H and O–H groups in total. The normalized spacial score (nSPS) is 13.7. The summed E-state index contributed by atoms with van der Waals surface area (Å²) < 4.78 is 0. The highest BCUT2D eigenvalue weighted by Crippen LogP contribution is 2.28. The molecule has 0 unspecified atom stereocenters. The fourth-order valence-corrected chi connectivity index (χ4v) is 2.26. The number of nitrogens with one attached hydrogen (secondary N) is 1. The van der Waals surface area contributed by atoms with Crippen LogP contribution in [0.4, 0.5) is 16.2 Å². The number of carboxylic acid groups (broad SMARTS) is 1. The van der Waals surface area contributed by atoms with Crippen LogP contribution in [-0.2, 0) is 4.79 Å². The molecular weight excluding hydrogens is 270 g/mol. The molecule has 2 rings (SSSR count). The summed E-state index contributed by atoms with van der Waals surface area (Å²) in [7, 11) is 3.88. The summed E-state index contributed by atoms with van der Waals surface area (Å²) >= 11 is 0. The molecule has 1 aromatic rings. The first kappa shape index (κ1) is 15.2. The second kappa shape index (κ2) is 6.03. The third kappa shape index (κ3) is 3.87. The van der Waals surface area contributed by atoms with Gasteiger partial charge in [0.1, 0.15) is 6.54 Å². The highest BCUT2D eigenvalue weighted by molar-refractivity contribution is 5.92. The molecule has 6 heteroatoms. The fraction of sp³-hybridized carbons (Fsp3) is 0.467. The van der Waals surface area contributed by atoms with E-state index < -0.39 is 5.97 Å². The second-order valence-corrected chi connectivity index (χ2v) is 5.58.